The van der Waals surface area contributed by atoms with E-state index in [9.17, 15) is 14.0 Å². The Morgan fingerprint density at radius 1 is 1.20 bits per heavy atom. The number of rotatable bonds is 4. The molecular formula is C17H14ClFN2O4. The van der Waals surface area contributed by atoms with E-state index in [0.717, 1.165) is 6.07 Å². The van der Waals surface area contributed by atoms with Gasteiger partial charge in [0, 0.05) is 24.4 Å². The van der Waals surface area contributed by atoms with Crippen LogP contribution in [0, 0.1) is 5.82 Å². The molecule has 3 rings (SSSR count). The number of carbonyl (C=O) groups is 2. The minimum atomic E-state index is -0.598. The third-order valence-electron chi connectivity index (χ3n) is 3.55. The second kappa shape index (κ2) is 6.98. The number of amides is 2. The molecule has 2 aromatic carbocycles. The van der Waals surface area contributed by atoms with E-state index in [2.05, 4.69) is 5.32 Å². The predicted octanol–water partition coefficient (Wildman–Crippen LogP) is 3.20. The van der Waals surface area contributed by atoms with Gasteiger partial charge >= 0.3 is 0 Å². The van der Waals surface area contributed by atoms with Crippen molar-refractivity contribution in [2.45, 2.75) is 6.92 Å². The summed E-state index contributed by atoms with van der Waals surface area (Å²) in [6, 6.07) is 8.80. The maximum absolute atomic E-state index is 13.3. The van der Waals surface area contributed by atoms with Crippen LogP contribution in [-0.2, 0) is 9.59 Å². The zero-order chi connectivity index (χ0) is 18.0. The average Bonchev–Trinajstić information content (AvgIpc) is 3.03. The highest BCUT2D eigenvalue weighted by atomic mass is 35.5. The molecule has 2 aromatic rings. The topological polar surface area (TPSA) is 67.9 Å². The molecule has 0 aromatic heterocycles. The van der Waals surface area contributed by atoms with Crippen LogP contribution < -0.4 is 19.7 Å². The van der Waals surface area contributed by atoms with E-state index in [4.69, 9.17) is 21.1 Å². The molecule has 6 nitrogen and oxygen atoms in total. The predicted molar refractivity (Wildman–Crippen MR) is 90.6 cm³/mol. The maximum Gasteiger partial charge on any atom is 0.244 e. The van der Waals surface area contributed by atoms with Crippen LogP contribution in [0.5, 0.6) is 11.5 Å². The number of hydrogen-bond acceptors (Lipinski definition) is 4. The second-order valence-electron chi connectivity index (χ2n) is 5.32. The van der Waals surface area contributed by atoms with Crippen LogP contribution in [0.2, 0.25) is 5.02 Å². The lowest BCUT2D eigenvalue weighted by molar-refractivity contribution is -0.120. The third-order valence-corrected chi connectivity index (χ3v) is 3.84. The van der Waals surface area contributed by atoms with Crippen LogP contribution in [0.4, 0.5) is 15.8 Å². The van der Waals surface area contributed by atoms with Crippen LogP contribution in [0.25, 0.3) is 0 Å². The Kier molecular flexibility index (Phi) is 4.76. The van der Waals surface area contributed by atoms with Crippen LogP contribution in [0.3, 0.4) is 0 Å². The van der Waals surface area contributed by atoms with Gasteiger partial charge in [-0.25, -0.2) is 4.39 Å². The van der Waals surface area contributed by atoms with Gasteiger partial charge in [-0.15, -0.1) is 0 Å². The molecule has 0 fully saturated rings. The van der Waals surface area contributed by atoms with Crippen LogP contribution in [-0.4, -0.2) is 25.2 Å². The van der Waals surface area contributed by atoms with Crippen molar-refractivity contribution in [1.82, 2.24) is 0 Å². The minimum absolute atomic E-state index is 0.125. The Hall–Kier alpha value is -2.80. The second-order valence-corrected chi connectivity index (χ2v) is 5.73. The summed E-state index contributed by atoms with van der Waals surface area (Å²) in [4.78, 5) is 25.3. The summed E-state index contributed by atoms with van der Waals surface area (Å²) < 4.78 is 23.7. The number of ether oxygens (including phenoxy) is 2. The van der Waals surface area contributed by atoms with E-state index in [1.54, 1.807) is 18.2 Å². The van der Waals surface area contributed by atoms with Gasteiger partial charge in [0.2, 0.25) is 18.6 Å². The third kappa shape index (κ3) is 3.83. The number of nitrogens with one attached hydrogen (secondary N) is 1. The molecule has 1 aliphatic rings. The molecular weight excluding hydrogens is 351 g/mol. The zero-order valence-electron chi connectivity index (χ0n) is 13.2. The number of nitrogens with zero attached hydrogens (tertiary/aromatic N) is 1. The van der Waals surface area contributed by atoms with Gasteiger partial charge in [-0.2, -0.15) is 0 Å². The van der Waals surface area contributed by atoms with Gasteiger partial charge in [0.15, 0.2) is 11.5 Å². The molecule has 0 aliphatic carbocycles. The number of fused-ring (bicyclic) bond motifs is 1. The molecule has 25 heavy (non-hydrogen) atoms. The molecule has 0 spiro atoms. The van der Waals surface area contributed by atoms with Crippen molar-refractivity contribution in [3.05, 3.63) is 47.2 Å². The first-order chi connectivity index (χ1) is 11.9. The van der Waals surface area contributed by atoms with Crippen molar-refractivity contribution < 1.29 is 23.5 Å². The van der Waals surface area contributed by atoms with Gasteiger partial charge in [0.05, 0.1) is 5.02 Å². The first-order valence-corrected chi connectivity index (χ1v) is 7.74. The van der Waals surface area contributed by atoms with Crippen molar-refractivity contribution in [2.75, 3.05) is 23.6 Å². The Balaban J connectivity index is 1.72. The van der Waals surface area contributed by atoms with E-state index in [1.807, 2.05) is 0 Å². The van der Waals surface area contributed by atoms with Gasteiger partial charge in [0.1, 0.15) is 12.4 Å². The fourth-order valence-corrected chi connectivity index (χ4v) is 2.53. The molecule has 0 bridgehead atoms. The molecule has 130 valence electrons. The first kappa shape index (κ1) is 17.0. The van der Waals surface area contributed by atoms with E-state index < -0.39 is 11.7 Å². The molecule has 1 N–H and O–H groups in total. The Morgan fingerprint density at radius 3 is 2.68 bits per heavy atom. The van der Waals surface area contributed by atoms with Gasteiger partial charge in [0.25, 0.3) is 0 Å². The van der Waals surface area contributed by atoms with Crippen LogP contribution in [0.15, 0.2) is 36.4 Å². The standard InChI is InChI=1S/C17H14ClFN2O4/c1-10(22)21(12-3-4-14(19)13(18)7-12)8-17(23)20-11-2-5-15-16(6-11)25-9-24-15/h2-7H,8-9H2,1H3,(H,20,23). The highest BCUT2D eigenvalue weighted by Crippen LogP contribution is 2.34. The van der Waals surface area contributed by atoms with E-state index in [-0.39, 0.29) is 24.3 Å². The fourth-order valence-electron chi connectivity index (χ4n) is 2.36. The van der Waals surface area contributed by atoms with Crippen molar-refractivity contribution in [2.24, 2.45) is 0 Å². The maximum atomic E-state index is 13.3. The summed E-state index contributed by atoms with van der Waals surface area (Å²) >= 11 is 5.74. The summed E-state index contributed by atoms with van der Waals surface area (Å²) in [5, 5.41) is 2.55. The van der Waals surface area contributed by atoms with Crippen molar-refractivity contribution >= 4 is 34.8 Å². The fraction of sp³-hybridized carbons (Fsp3) is 0.176. The van der Waals surface area contributed by atoms with Crippen LogP contribution in [0.1, 0.15) is 6.92 Å². The van der Waals surface area contributed by atoms with E-state index in [0.29, 0.717) is 22.9 Å². The summed E-state index contributed by atoms with van der Waals surface area (Å²) in [7, 11) is 0. The lowest BCUT2D eigenvalue weighted by atomic mass is 10.2. The largest absolute Gasteiger partial charge is 0.454 e. The number of benzene rings is 2. The zero-order valence-corrected chi connectivity index (χ0v) is 14.0. The average molecular weight is 365 g/mol. The highest BCUT2D eigenvalue weighted by molar-refractivity contribution is 6.31. The van der Waals surface area contributed by atoms with E-state index >= 15 is 0 Å². The molecule has 8 heteroatoms. The normalized spacial score (nSPS) is 12.0. The smallest absolute Gasteiger partial charge is 0.244 e. The van der Waals surface area contributed by atoms with Gasteiger partial charge in [-0.3, -0.25) is 9.59 Å². The van der Waals surface area contributed by atoms with Crippen LogP contribution >= 0.6 is 11.6 Å². The molecule has 0 atom stereocenters. The number of halogens is 2. The molecule has 0 radical (unpaired) electrons. The summed E-state index contributed by atoms with van der Waals surface area (Å²) in [6.45, 7) is 1.20. The molecule has 1 aliphatic heterocycles. The first-order valence-electron chi connectivity index (χ1n) is 7.36. The Labute approximate surface area is 148 Å². The monoisotopic (exact) mass is 364 g/mol. The lowest BCUT2D eigenvalue weighted by Gasteiger charge is -2.21. The Morgan fingerprint density at radius 2 is 1.96 bits per heavy atom. The number of carbonyl (C=O) groups excluding carboxylic acids is 2. The lowest BCUT2D eigenvalue weighted by Crippen LogP contribution is -2.36. The number of anilines is 2. The molecule has 2 amide bonds. The summed E-state index contributed by atoms with van der Waals surface area (Å²) in [5.74, 6) is -0.257. The summed E-state index contributed by atoms with van der Waals surface area (Å²) in [5.41, 5.74) is 0.842. The Bertz CT molecular complexity index is 843. The number of hydrogen-bond donors (Lipinski definition) is 1. The van der Waals surface area contributed by atoms with E-state index in [1.165, 1.54) is 24.0 Å². The molecule has 1 heterocycles. The van der Waals surface area contributed by atoms with Gasteiger partial charge in [-0.1, -0.05) is 11.6 Å². The highest BCUT2D eigenvalue weighted by Gasteiger charge is 2.18. The quantitative estimate of drug-likeness (QED) is 0.904. The van der Waals surface area contributed by atoms with Crippen molar-refractivity contribution in [3.8, 4) is 11.5 Å². The van der Waals surface area contributed by atoms with Crippen molar-refractivity contribution in [3.63, 3.8) is 0 Å². The van der Waals surface area contributed by atoms with Crippen molar-refractivity contribution in [1.29, 1.82) is 0 Å². The van der Waals surface area contributed by atoms with Gasteiger partial charge < -0.3 is 19.7 Å². The SMILES string of the molecule is CC(=O)N(CC(=O)Nc1ccc2c(c1)OCO2)c1ccc(F)c(Cl)c1. The minimum Gasteiger partial charge on any atom is -0.454 e. The molecule has 0 saturated carbocycles. The summed E-state index contributed by atoms with van der Waals surface area (Å²) in [6.07, 6.45) is 0. The van der Waals surface area contributed by atoms with Gasteiger partial charge in [-0.05, 0) is 30.3 Å². The molecule has 0 unspecified atom stereocenters. The molecule has 0 saturated heterocycles.